The van der Waals surface area contributed by atoms with E-state index in [1.165, 1.54) is 10.8 Å². The highest BCUT2D eigenvalue weighted by atomic mass is 16.5. The lowest BCUT2D eigenvalue weighted by Gasteiger charge is -2.19. The molecule has 0 N–H and O–H groups in total. The molecule has 0 atom stereocenters. The van der Waals surface area contributed by atoms with Crippen LogP contribution in [-0.4, -0.2) is 0 Å². The first-order valence-electron chi connectivity index (χ1n) is 9.16. The Kier molecular flexibility index (Phi) is 14.7. The number of ether oxygens (including phenoxy) is 1. The minimum absolute atomic E-state index is 0.837. The number of hydrogen-bond acceptors (Lipinski definition) is 1. The van der Waals surface area contributed by atoms with Crippen LogP contribution in [0.1, 0.15) is 67.9 Å². The third kappa shape index (κ3) is 5.88. The van der Waals surface area contributed by atoms with Crippen LogP contribution in [0.5, 0.6) is 0 Å². The van der Waals surface area contributed by atoms with Gasteiger partial charge in [0.25, 0.3) is 0 Å². The van der Waals surface area contributed by atoms with E-state index in [0.29, 0.717) is 0 Å². The van der Waals surface area contributed by atoms with Gasteiger partial charge in [-0.05, 0) is 37.6 Å². The van der Waals surface area contributed by atoms with Crippen molar-refractivity contribution in [3.63, 3.8) is 0 Å². The fourth-order valence-electron chi connectivity index (χ4n) is 2.29. The molecule has 0 spiro atoms. The van der Waals surface area contributed by atoms with Gasteiger partial charge in [-0.25, -0.2) is 0 Å². The van der Waals surface area contributed by atoms with Crippen LogP contribution in [-0.2, 0) is 4.74 Å². The second kappa shape index (κ2) is 14.6. The minimum Gasteiger partial charge on any atom is -0.461 e. The van der Waals surface area contributed by atoms with E-state index in [9.17, 15) is 0 Å². The van der Waals surface area contributed by atoms with Crippen LogP contribution in [0.25, 0.3) is 17.4 Å². The summed E-state index contributed by atoms with van der Waals surface area (Å²) in [4.78, 5) is 0. The molecular formula is C23H36O. The predicted molar refractivity (Wildman–Crippen MR) is 112 cm³/mol. The molecule has 0 aromatic heterocycles. The van der Waals surface area contributed by atoms with Crippen molar-refractivity contribution >= 4 is 17.4 Å². The van der Waals surface area contributed by atoms with Crippen LogP contribution in [0, 0.1) is 0 Å². The maximum Gasteiger partial charge on any atom is 0.134 e. The lowest BCUT2D eigenvalue weighted by Crippen LogP contribution is -2.32. The highest BCUT2D eigenvalue weighted by molar-refractivity contribution is 5.80. The molecular weight excluding hydrogens is 292 g/mol. The highest BCUT2D eigenvalue weighted by Gasteiger charge is 2.15. The van der Waals surface area contributed by atoms with E-state index >= 15 is 0 Å². The lowest BCUT2D eigenvalue weighted by molar-refractivity contribution is 0.384. The summed E-state index contributed by atoms with van der Waals surface area (Å²) in [5, 5.41) is 2.31. The molecule has 1 aliphatic rings. The quantitative estimate of drug-likeness (QED) is 0.628. The summed E-state index contributed by atoms with van der Waals surface area (Å²) in [5.74, 6) is 1.76. The minimum atomic E-state index is 0.837. The Morgan fingerprint density at radius 3 is 2.00 bits per heavy atom. The van der Waals surface area contributed by atoms with Crippen LogP contribution in [0.3, 0.4) is 0 Å². The molecule has 0 fully saturated rings. The molecule has 1 heterocycles. The van der Waals surface area contributed by atoms with Gasteiger partial charge in [0.15, 0.2) is 0 Å². The maximum atomic E-state index is 5.88. The van der Waals surface area contributed by atoms with Crippen LogP contribution >= 0.6 is 0 Å². The van der Waals surface area contributed by atoms with Crippen molar-refractivity contribution in [2.24, 2.45) is 0 Å². The van der Waals surface area contributed by atoms with Gasteiger partial charge in [0.1, 0.15) is 11.5 Å². The van der Waals surface area contributed by atoms with Crippen LogP contribution < -0.4 is 10.4 Å². The van der Waals surface area contributed by atoms with Crippen molar-refractivity contribution in [2.75, 3.05) is 0 Å². The summed E-state index contributed by atoms with van der Waals surface area (Å²) in [5.41, 5.74) is 2.35. The van der Waals surface area contributed by atoms with Gasteiger partial charge in [-0.1, -0.05) is 84.5 Å². The molecule has 1 nitrogen and oxygen atoms in total. The van der Waals surface area contributed by atoms with Gasteiger partial charge in [0, 0.05) is 10.8 Å². The SMILES string of the molecule is C=CC1=c2c(ccc/c2=C/C)C(/C=C\C)=C(C)O1.CC.CC.CC. The number of benzene rings is 1. The normalized spacial score (nSPS) is 12.7. The molecule has 1 aromatic rings. The summed E-state index contributed by atoms with van der Waals surface area (Å²) < 4.78 is 5.88. The Morgan fingerprint density at radius 2 is 1.54 bits per heavy atom. The summed E-state index contributed by atoms with van der Waals surface area (Å²) >= 11 is 0. The van der Waals surface area contributed by atoms with Crippen LogP contribution in [0.4, 0.5) is 0 Å². The van der Waals surface area contributed by atoms with Crippen LogP contribution in [0.2, 0.25) is 0 Å². The van der Waals surface area contributed by atoms with E-state index in [1.807, 2.05) is 68.4 Å². The van der Waals surface area contributed by atoms with Gasteiger partial charge >= 0.3 is 0 Å². The van der Waals surface area contributed by atoms with Crippen molar-refractivity contribution < 1.29 is 4.74 Å². The second-order valence-electron chi connectivity index (χ2n) is 4.20. The van der Waals surface area contributed by atoms with Gasteiger partial charge < -0.3 is 4.74 Å². The molecule has 1 aliphatic heterocycles. The van der Waals surface area contributed by atoms with Crippen molar-refractivity contribution in [3.8, 4) is 0 Å². The zero-order valence-electron chi connectivity index (χ0n) is 17.2. The number of fused-ring (bicyclic) bond motifs is 1. The summed E-state index contributed by atoms with van der Waals surface area (Å²) in [7, 11) is 0. The van der Waals surface area contributed by atoms with E-state index in [2.05, 4.69) is 36.9 Å². The predicted octanol–water partition coefficient (Wildman–Crippen LogP) is 6.20. The van der Waals surface area contributed by atoms with E-state index in [4.69, 9.17) is 4.74 Å². The Bertz CT molecular complexity index is 658. The standard InChI is InChI=1S/C17H18O.3C2H6/c1-5-9-14-12(4)18-16(7-3)17-13(6-2)10-8-11-15(14)17;3*1-2/h5-11H,3H2,1-2,4H3;3*1-2H3/b9-5-,13-6-;;;. The zero-order valence-corrected chi connectivity index (χ0v) is 17.2. The van der Waals surface area contributed by atoms with Gasteiger partial charge in [-0.15, -0.1) is 0 Å². The van der Waals surface area contributed by atoms with Crippen molar-refractivity contribution in [1.29, 1.82) is 0 Å². The molecule has 0 saturated carbocycles. The molecule has 0 aliphatic carbocycles. The van der Waals surface area contributed by atoms with E-state index in [1.54, 1.807) is 6.08 Å². The van der Waals surface area contributed by atoms with Gasteiger partial charge in [-0.2, -0.15) is 0 Å². The van der Waals surface area contributed by atoms with Crippen molar-refractivity contribution in [2.45, 2.75) is 62.3 Å². The second-order valence-corrected chi connectivity index (χ2v) is 4.20. The number of allylic oxidation sites excluding steroid dienone is 4. The van der Waals surface area contributed by atoms with Gasteiger partial charge in [0.05, 0.1) is 0 Å². The molecule has 134 valence electrons. The molecule has 0 unspecified atom stereocenters. The van der Waals surface area contributed by atoms with E-state index in [-0.39, 0.29) is 0 Å². The molecule has 1 heteroatoms. The molecule has 2 rings (SSSR count). The third-order valence-electron chi connectivity index (χ3n) is 3.11. The van der Waals surface area contributed by atoms with Crippen molar-refractivity contribution in [3.05, 3.63) is 64.8 Å². The molecule has 24 heavy (non-hydrogen) atoms. The highest BCUT2D eigenvalue weighted by Crippen LogP contribution is 2.24. The Labute approximate surface area is 149 Å². The molecule has 0 saturated heterocycles. The molecule has 0 amide bonds. The van der Waals surface area contributed by atoms with Crippen molar-refractivity contribution in [1.82, 2.24) is 0 Å². The van der Waals surface area contributed by atoms with Gasteiger partial charge in [-0.3, -0.25) is 0 Å². The Hall–Kier alpha value is -2.02. The summed E-state index contributed by atoms with van der Waals surface area (Å²) in [6.45, 7) is 21.9. The first-order valence-corrected chi connectivity index (χ1v) is 9.16. The van der Waals surface area contributed by atoms with Gasteiger partial charge in [0.2, 0.25) is 0 Å². The average Bonchev–Trinajstić information content (AvgIpc) is 2.68. The molecule has 0 bridgehead atoms. The number of rotatable bonds is 2. The van der Waals surface area contributed by atoms with Crippen LogP contribution in [0.15, 0.2) is 48.8 Å². The first-order chi connectivity index (χ1) is 11.7. The number of hydrogen-bond donors (Lipinski definition) is 0. The third-order valence-corrected chi connectivity index (χ3v) is 3.11. The van der Waals surface area contributed by atoms with E-state index < -0.39 is 0 Å². The zero-order chi connectivity index (χ0) is 19.1. The summed E-state index contributed by atoms with van der Waals surface area (Å²) in [6.07, 6.45) is 8.00. The topological polar surface area (TPSA) is 9.23 Å². The fraction of sp³-hybridized carbons (Fsp3) is 0.391. The monoisotopic (exact) mass is 328 g/mol. The maximum absolute atomic E-state index is 5.88. The molecule has 0 radical (unpaired) electrons. The van der Waals surface area contributed by atoms with E-state index in [0.717, 1.165) is 22.3 Å². The average molecular weight is 329 g/mol. The lowest BCUT2D eigenvalue weighted by atomic mass is 9.97. The Balaban J connectivity index is 0. The first kappa shape index (κ1) is 24.2. The Morgan fingerprint density at radius 1 is 0.958 bits per heavy atom. The smallest absolute Gasteiger partial charge is 0.134 e. The molecule has 1 aromatic carbocycles. The largest absolute Gasteiger partial charge is 0.461 e. The fourth-order valence-corrected chi connectivity index (χ4v) is 2.29. The summed E-state index contributed by atoms with van der Waals surface area (Å²) in [6, 6.07) is 6.31.